The maximum absolute atomic E-state index is 11.8. The van der Waals surface area contributed by atoms with Crippen LogP contribution >= 0.6 is 0 Å². The summed E-state index contributed by atoms with van der Waals surface area (Å²) in [6, 6.07) is 12.8. The van der Waals surface area contributed by atoms with E-state index in [1.807, 2.05) is 30.3 Å². The van der Waals surface area contributed by atoms with E-state index < -0.39 is 17.5 Å². The van der Waals surface area contributed by atoms with Gasteiger partial charge >= 0.3 is 0 Å². The number of aliphatic hydroxyl groups is 1. The Morgan fingerprint density at radius 2 is 1.94 bits per heavy atom. The van der Waals surface area contributed by atoms with Crippen LogP contribution in [-0.4, -0.2) is 45.6 Å². The number of nitrogens with one attached hydrogen (secondary N) is 1. The molecule has 2 rings (SSSR count). The van der Waals surface area contributed by atoms with Gasteiger partial charge in [-0.1, -0.05) is 30.3 Å². The van der Waals surface area contributed by atoms with E-state index in [2.05, 4.69) is 10.3 Å². The molecule has 9 heteroatoms. The van der Waals surface area contributed by atoms with E-state index in [1.54, 1.807) is 26.0 Å². The van der Waals surface area contributed by atoms with Gasteiger partial charge in [-0.05, 0) is 60.2 Å². The van der Waals surface area contributed by atoms with Gasteiger partial charge in [0.15, 0.2) is 0 Å². The summed E-state index contributed by atoms with van der Waals surface area (Å²) >= 11 is -2.28. The lowest BCUT2D eigenvalue weighted by Gasteiger charge is -2.15. The van der Waals surface area contributed by atoms with Crippen LogP contribution in [0.4, 0.5) is 0 Å². The Morgan fingerprint density at radius 1 is 1.26 bits per heavy atom. The van der Waals surface area contributed by atoms with Crippen LogP contribution in [0.3, 0.4) is 0 Å². The van der Waals surface area contributed by atoms with Crippen LogP contribution < -0.4 is 10.1 Å². The highest BCUT2D eigenvalue weighted by Gasteiger charge is 2.07. The van der Waals surface area contributed by atoms with Crippen LogP contribution in [0.15, 0.2) is 52.4 Å². The molecule has 0 aromatic heterocycles. The van der Waals surface area contributed by atoms with Crippen LogP contribution in [0.25, 0.3) is 0 Å². The Balaban J connectivity index is 1.61. The first-order valence-corrected chi connectivity index (χ1v) is 10.9. The maximum Gasteiger partial charge on any atom is 0.255 e. The molecule has 0 saturated heterocycles. The monoisotopic (exact) mass is 447 g/mol. The number of carbonyl (C=O) groups is 1. The number of amides is 1. The van der Waals surface area contributed by atoms with Gasteiger partial charge in [0.25, 0.3) is 6.41 Å². The van der Waals surface area contributed by atoms with Gasteiger partial charge in [0.2, 0.25) is 5.91 Å². The van der Waals surface area contributed by atoms with E-state index in [0.29, 0.717) is 29.9 Å². The molecule has 2 unspecified atom stereocenters. The largest absolute Gasteiger partial charge is 0.768 e. The molecule has 0 fully saturated rings. The number of rotatable bonds is 12. The summed E-state index contributed by atoms with van der Waals surface area (Å²) in [4.78, 5) is 15.9. The van der Waals surface area contributed by atoms with Gasteiger partial charge in [0, 0.05) is 17.5 Å². The Bertz CT molecular complexity index is 881. The maximum atomic E-state index is 11.8. The molecule has 168 valence electrons. The van der Waals surface area contributed by atoms with Gasteiger partial charge in [-0.15, -0.1) is 0 Å². The zero-order chi connectivity index (χ0) is 22.6. The number of aliphatic imine (C=N–C) groups is 1. The van der Waals surface area contributed by atoms with Crippen LogP contribution in [0.2, 0.25) is 0 Å². The molecule has 2 aromatic carbocycles. The number of hydrogen-bond donors (Lipinski definition) is 2. The third-order valence-corrected chi connectivity index (χ3v) is 5.26. The third kappa shape index (κ3) is 8.97. The molecule has 2 aromatic rings. The quantitative estimate of drug-likeness (QED) is 0.223. The molecular formula is C22H27N2O6S-. The summed E-state index contributed by atoms with van der Waals surface area (Å²) in [6.07, 6.45) is 0.862. The Kier molecular flexibility index (Phi) is 10.3. The minimum absolute atomic E-state index is 0.167. The predicted molar refractivity (Wildman–Crippen MR) is 117 cm³/mol. The number of aryl methyl sites for hydroxylation is 2. The molecule has 0 aliphatic heterocycles. The second kappa shape index (κ2) is 13.0. The summed E-state index contributed by atoms with van der Waals surface area (Å²) in [7, 11) is 0. The highest BCUT2D eigenvalue weighted by atomic mass is 32.2. The molecule has 2 N–H and O–H groups in total. The summed E-state index contributed by atoms with van der Waals surface area (Å²) in [5.41, 5.74) is 2.17. The topological polar surface area (TPSA) is 120 Å². The lowest BCUT2D eigenvalue weighted by atomic mass is 10.1. The third-order valence-electron chi connectivity index (χ3n) is 4.28. The first-order chi connectivity index (χ1) is 14.9. The van der Waals surface area contributed by atoms with Gasteiger partial charge in [-0.2, -0.15) is 0 Å². The number of hydrogen-bond acceptors (Lipinski definition) is 7. The van der Waals surface area contributed by atoms with Crippen molar-refractivity contribution >= 4 is 23.2 Å². The van der Waals surface area contributed by atoms with Crippen molar-refractivity contribution in [3.63, 3.8) is 0 Å². The number of nitrogens with zero attached hydrogens (tertiary/aromatic N) is 1. The molecule has 0 heterocycles. The molecular weight excluding hydrogens is 420 g/mol. The zero-order valence-corrected chi connectivity index (χ0v) is 18.4. The Hall–Kier alpha value is -2.59. The molecule has 0 spiro atoms. The van der Waals surface area contributed by atoms with E-state index in [1.165, 1.54) is 6.21 Å². The van der Waals surface area contributed by atoms with E-state index in [9.17, 15) is 18.7 Å². The van der Waals surface area contributed by atoms with Crippen molar-refractivity contribution < 1.29 is 28.1 Å². The van der Waals surface area contributed by atoms with Gasteiger partial charge in [0.05, 0.1) is 19.8 Å². The van der Waals surface area contributed by atoms with Crippen LogP contribution in [0, 0.1) is 13.8 Å². The van der Waals surface area contributed by atoms with Gasteiger partial charge < -0.3 is 24.4 Å². The highest BCUT2D eigenvalue weighted by molar-refractivity contribution is 7.79. The second-order valence-corrected chi connectivity index (χ2v) is 7.71. The van der Waals surface area contributed by atoms with Crippen LogP contribution in [0.5, 0.6) is 5.75 Å². The number of ether oxygens (including phenoxy) is 2. The minimum Gasteiger partial charge on any atom is -0.768 e. The molecule has 31 heavy (non-hydrogen) atoms. The lowest BCUT2D eigenvalue weighted by molar-refractivity contribution is -0.121. The predicted octanol–water partition coefficient (Wildman–Crippen LogP) is 2.38. The fraction of sp³-hybridized carbons (Fsp3) is 0.364. The molecule has 8 nitrogen and oxygen atoms in total. The first kappa shape index (κ1) is 24.7. The molecule has 0 bridgehead atoms. The highest BCUT2D eigenvalue weighted by Crippen LogP contribution is 2.24. The van der Waals surface area contributed by atoms with Crippen molar-refractivity contribution in [2.75, 3.05) is 13.2 Å². The van der Waals surface area contributed by atoms with E-state index in [0.717, 1.165) is 5.56 Å². The SMILES string of the molecule is Cc1cc(OCCCC(=O)NCC=NC(O)OCc2ccccc2)cc(C)c1S(=O)[O-]. The van der Waals surface area contributed by atoms with Crippen LogP contribution in [-0.2, 0) is 27.2 Å². The minimum atomic E-state index is -2.28. The normalized spacial score (nSPS) is 13.2. The Morgan fingerprint density at radius 3 is 2.58 bits per heavy atom. The van der Waals surface area contributed by atoms with E-state index in [4.69, 9.17) is 9.47 Å². The number of aliphatic hydroxyl groups excluding tert-OH is 1. The molecule has 0 aliphatic rings. The Labute approximate surface area is 184 Å². The molecule has 0 saturated carbocycles. The molecule has 0 radical (unpaired) electrons. The summed E-state index contributed by atoms with van der Waals surface area (Å²) < 4.78 is 33.2. The molecule has 1 amide bonds. The zero-order valence-electron chi connectivity index (χ0n) is 17.6. The smallest absolute Gasteiger partial charge is 0.255 e. The average Bonchev–Trinajstić information content (AvgIpc) is 2.73. The van der Waals surface area contributed by atoms with Crippen LogP contribution in [0.1, 0.15) is 29.5 Å². The van der Waals surface area contributed by atoms with Crippen molar-refractivity contribution in [2.24, 2.45) is 4.99 Å². The van der Waals surface area contributed by atoms with E-state index >= 15 is 0 Å². The van der Waals surface area contributed by atoms with Crippen molar-refractivity contribution in [3.8, 4) is 5.75 Å². The standard InChI is InChI=1S/C22H28N2O6S/c1-16-13-19(14-17(2)21(16)31(27)28)29-12-6-9-20(25)23-10-11-24-22(26)30-15-18-7-4-3-5-8-18/h3-5,7-8,11,13-14,22,26H,6,9-10,12,15H2,1-2H3,(H,23,25)(H,27,28)/p-1. The first-order valence-electron chi connectivity index (χ1n) is 9.82. The van der Waals surface area contributed by atoms with Crippen molar-refractivity contribution in [1.82, 2.24) is 5.32 Å². The number of carbonyl (C=O) groups excluding carboxylic acids is 1. The summed E-state index contributed by atoms with van der Waals surface area (Å²) in [6.45, 7) is 4.17. The fourth-order valence-electron chi connectivity index (χ4n) is 2.86. The second-order valence-electron chi connectivity index (χ2n) is 6.83. The van der Waals surface area contributed by atoms with Crippen molar-refractivity contribution in [2.45, 2.75) is 44.6 Å². The van der Waals surface area contributed by atoms with Crippen molar-refractivity contribution in [1.29, 1.82) is 0 Å². The van der Waals surface area contributed by atoms with Gasteiger partial charge in [-0.3, -0.25) is 9.00 Å². The average molecular weight is 448 g/mol. The number of benzene rings is 2. The summed E-state index contributed by atoms with van der Waals surface area (Å²) in [5, 5.41) is 12.3. The van der Waals surface area contributed by atoms with Gasteiger partial charge in [-0.25, -0.2) is 4.99 Å². The molecule has 2 atom stereocenters. The lowest BCUT2D eigenvalue weighted by Crippen LogP contribution is -2.25. The molecule has 0 aliphatic carbocycles. The fourth-order valence-corrected chi connectivity index (χ4v) is 3.50. The summed E-state index contributed by atoms with van der Waals surface area (Å²) in [5.74, 6) is 0.403. The van der Waals surface area contributed by atoms with E-state index in [-0.39, 0.29) is 30.4 Å². The van der Waals surface area contributed by atoms with Crippen molar-refractivity contribution in [3.05, 3.63) is 59.2 Å². The van der Waals surface area contributed by atoms with Gasteiger partial charge in [0.1, 0.15) is 5.75 Å².